The van der Waals surface area contributed by atoms with Crippen molar-refractivity contribution in [3.05, 3.63) is 58.9 Å². The van der Waals surface area contributed by atoms with Gasteiger partial charge in [-0.2, -0.15) is 0 Å². The summed E-state index contributed by atoms with van der Waals surface area (Å²) in [7, 11) is 1.60. The number of carbonyl (C=O) groups is 1. The van der Waals surface area contributed by atoms with Gasteiger partial charge in [-0.1, -0.05) is 11.6 Å². The van der Waals surface area contributed by atoms with Gasteiger partial charge in [0, 0.05) is 23.2 Å². The van der Waals surface area contributed by atoms with Crippen LogP contribution in [0.1, 0.15) is 15.9 Å². The Hall–Kier alpha value is -2.31. The summed E-state index contributed by atoms with van der Waals surface area (Å²) in [5.74, 6) is 0.264. The zero-order chi connectivity index (χ0) is 17.8. The minimum atomic E-state index is -0.441. The van der Waals surface area contributed by atoms with Crippen LogP contribution in [0.15, 0.2) is 47.6 Å². The van der Waals surface area contributed by atoms with Crippen molar-refractivity contribution in [3.8, 4) is 5.75 Å². The van der Waals surface area contributed by atoms with Gasteiger partial charge in [-0.15, -0.1) is 11.8 Å². The summed E-state index contributed by atoms with van der Waals surface area (Å²) in [6.07, 6.45) is 3.50. The van der Waals surface area contributed by atoms with Crippen LogP contribution in [0.5, 0.6) is 5.75 Å². The molecule has 0 spiro atoms. The molecule has 25 heavy (non-hydrogen) atoms. The Labute approximate surface area is 154 Å². The molecule has 3 rings (SSSR count). The molecule has 1 aromatic carbocycles. The van der Waals surface area contributed by atoms with Gasteiger partial charge in [0.05, 0.1) is 18.2 Å². The van der Waals surface area contributed by atoms with Gasteiger partial charge < -0.3 is 9.47 Å². The summed E-state index contributed by atoms with van der Waals surface area (Å²) in [5.41, 5.74) is 1.79. The number of benzene rings is 1. The molecule has 0 radical (unpaired) electrons. The van der Waals surface area contributed by atoms with E-state index in [2.05, 4.69) is 9.97 Å². The summed E-state index contributed by atoms with van der Waals surface area (Å²) in [5, 5.41) is 1.81. The van der Waals surface area contributed by atoms with E-state index in [0.717, 1.165) is 10.9 Å². The molecule has 2 aromatic heterocycles. The van der Waals surface area contributed by atoms with Gasteiger partial charge >= 0.3 is 5.97 Å². The Balaban J connectivity index is 1.81. The largest absolute Gasteiger partial charge is 0.497 e. The number of hydrogen-bond acceptors (Lipinski definition) is 6. The number of aromatic nitrogens is 2. The smallest absolute Gasteiger partial charge is 0.341 e. The van der Waals surface area contributed by atoms with E-state index < -0.39 is 5.97 Å². The normalized spacial score (nSPS) is 10.7. The second-order valence-corrected chi connectivity index (χ2v) is 6.29. The second kappa shape index (κ2) is 7.72. The lowest BCUT2D eigenvalue weighted by molar-refractivity contribution is 0.0467. The molecule has 0 unspecified atom stereocenters. The van der Waals surface area contributed by atoms with E-state index >= 15 is 0 Å². The van der Waals surface area contributed by atoms with E-state index in [1.165, 1.54) is 11.8 Å². The molecule has 0 N–H and O–H groups in total. The number of fused-ring (bicyclic) bond motifs is 1. The van der Waals surface area contributed by atoms with Crippen LogP contribution in [0.3, 0.4) is 0 Å². The Kier molecular flexibility index (Phi) is 5.40. The Bertz CT molecular complexity index is 933. The zero-order valence-electron chi connectivity index (χ0n) is 13.7. The first-order chi connectivity index (χ1) is 12.1. The van der Waals surface area contributed by atoms with Gasteiger partial charge in [0.15, 0.2) is 0 Å². The van der Waals surface area contributed by atoms with Crippen LogP contribution in [0.2, 0.25) is 5.15 Å². The predicted octanol–water partition coefficient (Wildman–Crippen LogP) is 4.37. The number of esters is 1. The lowest BCUT2D eigenvalue weighted by Crippen LogP contribution is -2.08. The summed E-state index contributed by atoms with van der Waals surface area (Å²) < 4.78 is 10.6. The minimum Gasteiger partial charge on any atom is -0.497 e. The van der Waals surface area contributed by atoms with E-state index in [0.29, 0.717) is 27.1 Å². The molecule has 7 heteroatoms. The number of thioether (sulfide) groups is 1. The highest BCUT2D eigenvalue weighted by atomic mass is 35.5. The molecule has 0 saturated carbocycles. The topological polar surface area (TPSA) is 61.3 Å². The lowest BCUT2D eigenvalue weighted by Gasteiger charge is -2.09. The van der Waals surface area contributed by atoms with Gasteiger partial charge in [-0.3, -0.25) is 0 Å². The fourth-order valence-electron chi connectivity index (χ4n) is 2.33. The summed E-state index contributed by atoms with van der Waals surface area (Å²) in [6, 6.07) is 10.8. The van der Waals surface area contributed by atoms with Crippen molar-refractivity contribution < 1.29 is 14.3 Å². The van der Waals surface area contributed by atoms with Gasteiger partial charge in [0.2, 0.25) is 0 Å². The first-order valence-electron chi connectivity index (χ1n) is 7.41. The van der Waals surface area contributed by atoms with Crippen molar-refractivity contribution in [2.24, 2.45) is 0 Å². The van der Waals surface area contributed by atoms with Crippen molar-refractivity contribution in [1.29, 1.82) is 0 Å². The van der Waals surface area contributed by atoms with Crippen LogP contribution in [-0.4, -0.2) is 29.3 Å². The quantitative estimate of drug-likeness (QED) is 0.375. The molecule has 0 aliphatic rings. The van der Waals surface area contributed by atoms with Crippen molar-refractivity contribution in [2.45, 2.75) is 11.6 Å². The number of rotatable bonds is 5. The Morgan fingerprint density at radius 3 is 2.88 bits per heavy atom. The third-order valence-corrected chi connectivity index (χ3v) is 4.63. The molecule has 0 bridgehead atoms. The van der Waals surface area contributed by atoms with Crippen LogP contribution < -0.4 is 4.74 Å². The summed E-state index contributed by atoms with van der Waals surface area (Å²) >= 11 is 7.62. The maximum Gasteiger partial charge on any atom is 0.341 e. The highest BCUT2D eigenvalue weighted by molar-refractivity contribution is 7.98. The maximum absolute atomic E-state index is 12.3. The average molecular weight is 375 g/mol. The molecule has 0 saturated heterocycles. The number of ether oxygens (including phenoxy) is 2. The van der Waals surface area contributed by atoms with Crippen molar-refractivity contribution >= 4 is 40.2 Å². The molecule has 3 aromatic rings. The van der Waals surface area contributed by atoms with Crippen molar-refractivity contribution in [3.63, 3.8) is 0 Å². The molecular weight excluding hydrogens is 360 g/mol. The highest BCUT2D eigenvalue weighted by Crippen LogP contribution is 2.25. The van der Waals surface area contributed by atoms with Crippen LogP contribution in [-0.2, 0) is 11.3 Å². The second-order valence-electron chi connectivity index (χ2n) is 5.13. The van der Waals surface area contributed by atoms with Gasteiger partial charge in [-0.25, -0.2) is 14.8 Å². The third kappa shape index (κ3) is 3.86. The summed E-state index contributed by atoms with van der Waals surface area (Å²) in [6.45, 7) is 0.0371. The van der Waals surface area contributed by atoms with Crippen LogP contribution in [0.25, 0.3) is 10.9 Å². The fraction of sp³-hybridized carbons (Fsp3) is 0.167. The van der Waals surface area contributed by atoms with Gasteiger partial charge in [0.25, 0.3) is 0 Å². The average Bonchev–Trinajstić information content (AvgIpc) is 2.65. The zero-order valence-corrected chi connectivity index (χ0v) is 15.2. The molecule has 0 fully saturated rings. The van der Waals surface area contributed by atoms with E-state index in [9.17, 15) is 4.79 Å². The molecule has 2 heterocycles. The molecule has 0 aliphatic carbocycles. The van der Waals surface area contributed by atoms with Crippen LogP contribution >= 0.6 is 23.4 Å². The molecular formula is C18H15ClN2O3S. The number of methoxy groups -OCH3 is 1. The van der Waals surface area contributed by atoms with Gasteiger partial charge in [-0.05, 0) is 36.6 Å². The van der Waals surface area contributed by atoms with E-state index in [1.807, 2.05) is 24.5 Å². The third-order valence-electron chi connectivity index (χ3n) is 3.59. The number of pyridine rings is 2. The maximum atomic E-state index is 12.3. The fourth-order valence-corrected chi connectivity index (χ4v) is 3.06. The van der Waals surface area contributed by atoms with Crippen LogP contribution in [0, 0.1) is 0 Å². The van der Waals surface area contributed by atoms with Crippen molar-refractivity contribution in [2.75, 3.05) is 13.4 Å². The number of nitrogens with zero attached hydrogens (tertiary/aromatic N) is 2. The van der Waals surface area contributed by atoms with E-state index in [1.54, 1.807) is 31.5 Å². The number of halogens is 1. The van der Waals surface area contributed by atoms with E-state index in [4.69, 9.17) is 21.1 Å². The highest BCUT2D eigenvalue weighted by Gasteiger charge is 2.14. The molecule has 5 nitrogen and oxygen atoms in total. The molecule has 0 atom stereocenters. The Morgan fingerprint density at radius 2 is 2.12 bits per heavy atom. The number of carbonyl (C=O) groups excluding carboxylic acids is 1. The van der Waals surface area contributed by atoms with Gasteiger partial charge in [0.1, 0.15) is 22.5 Å². The standard InChI is InChI=1S/C18H15ClN2O3S/c1-23-13-6-5-11-8-12(16(19)21-15(11)9-13)10-24-18(22)14-4-3-7-20-17(14)25-2/h3-9H,10H2,1-2H3. The predicted molar refractivity (Wildman–Crippen MR) is 98.4 cm³/mol. The lowest BCUT2D eigenvalue weighted by atomic mass is 10.1. The summed E-state index contributed by atoms with van der Waals surface area (Å²) in [4.78, 5) is 20.8. The number of hydrogen-bond donors (Lipinski definition) is 0. The van der Waals surface area contributed by atoms with Crippen molar-refractivity contribution in [1.82, 2.24) is 9.97 Å². The minimum absolute atomic E-state index is 0.0371. The SMILES string of the molecule is COc1ccc2cc(COC(=O)c3cccnc3SC)c(Cl)nc2c1. The Morgan fingerprint density at radius 1 is 1.28 bits per heavy atom. The molecule has 0 aliphatic heterocycles. The van der Waals surface area contributed by atoms with Crippen LogP contribution in [0.4, 0.5) is 0 Å². The molecule has 0 amide bonds. The molecule has 128 valence electrons. The van der Waals surface area contributed by atoms with E-state index in [-0.39, 0.29) is 6.61 Å². The first kappa shape index (κ1) is 17.5. The first-order valence-corrected chi connectivity index (χ1v) is 9.02. The monoisotopic (exact) mass is 374 g/mol.